The lowest BCUT2D eigenvalue weighted by atomic mass is 9.79. The van der Waals surface area contributed by atoms with E-state index in [1.807, 2.05) is 0 Å². The highest BCUT2D eigenvalue weighted by molar-refractivity contribution is 5.79. The summed E-state index contributed by atoms with van der Waals surface area (Å²) in [7, 11) is 0. The molecular formula is C15H28N2O2. The first-order valence-corrected chi connectivity index (χ1v) is 7.71. The van der Waals surface area contributed by atoms with Crippen LogP contribution in [0.3, 0.4) is 0 Å². The third-order valence-electron chi connectivity index (χ3n) is 4.97. The Morgan fingerprint density at radius 2 is 1.95 bits per heavy atom. The Morgan fingerprint density at radius 1 is 1.26 bits per heavy atom. The summed E-state index contributed by atoms with van der Waals surface area (Å²) in [5.74, 6) is 1.45. The maximum atomic E-state index is 12.3. The number of rotatable bonds is 3. The van der Waals surface area contributed by atoms with Crippen LogP contribution in [0.2, 0.25) is 0 Å². The van der Waals surface area contributed by atoms with Crippen molar-refractivity contribution in [1.29, 1.82) is 0 Å². The van der Waals surface area contributed by atoms with Gasteiger partial charge in [-0.15, -0.1) is 0 Å². The van der Waals surface area contributed by atoms with Gasteiger partial charge in [-0.05, 0) is 50.9 Å². The molecule has 4 unspecified atom stereocenters. The van der Waals surface area contributed by atoms with Crippen molar-refractivity contribution in [2.45, 2.75) is 58.0 Å². The quantitative estimate of drug-likeness (QED) is 0.818. The van der Waals surface area contributed by atoms with E-state index in [0.717, 1.165) is 45.3 Å². The first-order valence-electron chi connectivity index (χ1n) is 7.71. The molecule has 0 spiro atoms. The highest BCUT2D eigenvalue weighted by Crippen LogP contribution is 2.28. The molecule has 2 fully saturated rings. The smallest absolute Gasteiger partial charge is 0.223 e. The van der Waals surface area contributed by atoms with Gasteiger partial charge in [-0.2, -0.15) is 0 Å². The lowest BCUT2D eigenvalue weighted by Gasteiger charge is -2.33. The topological polar surface area (TPSA) is 64.3 Å². The summed E-state index contributed by atoms with van der Waals surface area (Å²) in [6, 6.07) is 0.440. The second-order valence-corrected chi connectivity index (χ2v) is 6.40. The maximum Gasteiger partial charge on any atom is 0.223 e. The number of nitrogens with one attached hydrogen (secondary N) is 1. The van der Waals surface area contributed by atoms with Gasteiger partial charge in [0.25, 0.3) is 0 Å². The predicted molar refractivity (Wildman–Crippen MR) is 75.6 cm³/mol. The van der Waals surface area contributed by atoms with Crippen LogP contribution in [0.25, 0.3) is 0 Å². The molecule has 1 heterocycles. The fraction of sp³-hybridized carbons (Fsp3) is 0.933. The summed E-state index contributed by atoms with van der Waals surface area (Å²) in [6.07, 6.45) is 5.02. The first kappa shape index (κ1) is 14.8. The minimum Gasteiger partial charge on any atom is -0.381 e. The van der Waals surface area contributed by atoms with Crippen LogP contribution < -0.4 is 11.1 Å². The molecule has 1 aliphatic heterocycles. The molecule has 4 atom stereocenters. The molecule has 4 nitrogen and oxygen atoms in total. The molecule has 0 radical (unpaired) electrons. The van der Waals surface area contributed by atoms with E-state index in [1.165, 1.54) is 0 Å². The van der Waals surface area contributed by atoms with Gasteiger partial charge in [0.1, 0.15) is 0 Å². The first-order chi connectivity index (χ1) is 9.08. The largest absolute Gasteiger partial charge is 0.381 e. The molecule has 0 bridgehead atoms. The van der Waals surface area contributed by atoms with Gasteiger partial charge < -0.3 is 15.8 Å². The molecule has 2 aliphatic rings. The molecule has 110 valence electrons. The number of ether oxygens (including phenoxy) is 1. The van der Waals surface area contributed by atoms with Crippen LogP contribution >= 0.6 is 0 Å². The second kappa shape index (κ2) is 6.71. The lowest BCUT2D eigenvalue weighted by molar-refractivity contribution is -0.127. The van der Waals surface area contributed by atoms with Crippen molar-refractivity contribution in [2.24, 2.45) is 23.5 Å². The van der Waals surface area contributed by atoms with Gasteiger partial charge in [-0.3, -0.25) is 4.79 Å². The summed E-state index contributed by atoms with van der Waals surface area (Å²) in [5.41, 5.74) is 6.08. The number of carbonyl (C=O) groups excluding carboxylic acids is 1. The average molecular weight is 268 g/mol. The van der Waals surface area contributed by atoms with E-state index >= 15 is 0 Å². The van der Waals surface area contributed by atoms with E-state index in [2.05, 4.69) is 19.2 Å². The van der Waals surface area contributed by atoms with Crippen LogP contribution in [0, 0.1) is 17.8 Å². The molecular weight excluding hydrogens is 240 g/mol. The third kappa shape index (κ3) is 3.93. The molecule has 0 aromatic carbocycles. The molecule has 0 aromatic rings. The number of amides is 1. The van der Waals surface area contributed by atoms with E-state index in [1.54, 1.807) is 0 Å². The molecule has 1 aliphatic carbocycles. The molecule has 1 saturated carbocycles. The fourth-order valence-electron chi connectivity index (χ4n) is 3.27. The van der Waals surface area contributed by atoms with Crippen LogP contribution in [0.1, 0.15) is 46.0 Å². The van der Waals surface area contributed by atoms with Gasteiger partial charge in [0.15, 0.2) is 0 Å². The minimum atomic E-state index is 0.119. The molecule has 0 aromatic heterocycles. The van der Waals surface area contributed by atoms with Crippen molar-refractivity contribution in [1.82, 2.24) is 5.32 Å². The van der Waals surface area contributed by atoms with Gasteiger partial charge in [0, 0.05) is 31.2 Å². The molecule has 3 N–H and O–H groups in total. The van der Waals surface area contributed by atoms with E-state index < -0.39 is 0 Å². The second-order valence-electron chi connectivity index (χ2n) is 6.40. The monoisotopic (exact) mass is 268 g/mol. The molecule has 4 heteroatoms. The zero-order valence-electron chi connectivity index (χ0n) is 12.2. The van der Waals surface area contributed by atoms with E-state index in [9.17, 15) is 4.79 Å². The Morgan fingerprint density at radius 3 is 2.58 bits per heavy atom. The summed E-state index contributed by atoms with van der Waals surface area (Å²) in [6.45, 7) is 5.97. The predicted octanol–water partition coefficient (Wildman–Crippen LogP) is 1.68. The van der Waals surface area contributed by atoms with Gasteiger partial charge in [-0.25, -0.2) is 0 Å². The summed E-state index contributed by atoms with van der Waals surface area (Å²) in [5, 5.41) is 3.20. The Balaban J connectivity index is 1.79. The standard InChI is InChI=1S/C15H28N2O2/c1-10-3-4-13(9-14(10)16)15(18)17-11(2)12-5-7-19-8-6-12/h10-14H,3-9,16H2,1-2H3,(H,17,18). The molecule has 19 heavy (non-hydrogen) atoms. The Hall–Kier alpha value is -0.610. The van der Waals surface area contributed by atoms with Crippen LogP contribution in [0.15, 0.2) is 0 Å². The molecule has 2 rings (SSSR count). The van der Waals surface area contributed by atoms with Crippen molar-refractivity contribution < 1.29 is 9.53 Å². The van der Waals surface area contributed by atoms with Crippen molar-refractivity contribution in [3.8, 4) is 0 Å². The molecule has 1 amide bonds. The van der Waals surface area contributed by atoms with Gasteiger partial charge in [-0.1, -0.05) is 6.92 Å². The maximum absolute atomic E-state index is 12.3. The highest BCUT2D eigenvalue weighted by atomic mass is 16.5. The van der Waals surface area contributed by atoms with Crippen LogP contribution in [-0.2, 0) is 9.53 Å². The molecule has 1 saturated heterocycles. The number of hydrogen-bond donors (Lipinski definition) is 2. The van der Waals surface area contributed by atoms with Crippen LogP contribution in [-0.4, -0.2) is 31.2 Å². The summed E-state index contributed by atoms with van der Waals surface area (Å²) < 4.78 is 5.37. The van der Waals surface area contributed by atoms with E-state index in [-0.39, 0.29) is 23.9 Å². The zero-order chi connectivity index (χ0) is 13.8. The van der Waals surface area contributed by atoms with Gasteiger partial charge in [0.05, 0.1) is 0 Å². The number of hydrogen-bond acceptors (Lipinski definition) is 3. The zero-order valence-corrected chi connectivity index (χ0v) is 12.2. The van der Waals surface area contributed by atoms with E-state index in [4.69, 9.17) is 10.5 Å². The van der Waals surface area contributed by atoms with E-state index in [0.29, 0.717) is 11.8 Å². The van der Waals surface area contributed by atoms with Crippen molar-refractivity contribution in [3.63, 3.8) is 0 Å². The van der Waals surface area contributed by atoms with Gasteiger partial charge in [0.2, 0.25) is 5.91 Å². The SMILES string of the molecule is CC1CCC(C(=O)NC(C)C2CCOCC2)CC1N. The van der Waals surface area contributed by atoms with Crippen molar-refractivity contribution >= 4 is 5.91 Å². The summed E-state index contributed by atoms with van der Waals surface area (Å²) in [4.78, 5) is 12.3. The Kier molecular flexibility index (Phi) is 5.22. The van der Waals surface area contributed by atoms with Crippen molar-refractivity contribution in [3.05, 3.63) is 0 Å². The summed E-state index contributed by atoms with van der Waals surface area (Å²) >= 11 is 0. The van der Waals surface area contributed by atoms with Gasteiger partial charge >= 0.3 is 0 Å². The third-order valence-corrected chi connectivity index (χ3v) is 4.97. The Labute approximate surface area is 116 Å². The Bertz CT molecular complexity index is 303. The van der Waals surface area contributed by atoms with Crippen molar-refractivity contribution in [2.75, 3.05) is 13.2 Å². The average Bonchev–Trinajstić information content (AvgIpc) is 2.42. The van der Waals surface area contributed by atoms with Crippen LogP contribution in [0.5, 0.6) is 0 Å². The normalized spacial score (nSPS) is 34.8. The lowest BCUT2D eigenvalue weighted by Crippen LogP contribution is -2.46. The number of nitrogens with two attached hydrogens (primary N) is 1. The minimum absolute atomic E-state index is 0.119. The number of carbonyl (C=O) groups is 1. The highest BCUT2D eigenvalue weighted by Gasteiger charge is 2.31. The van der Waals surface area contributed by atoms with Crippen LogP contribution in [0.4, 0.5) is 0 Å². The fourth-order valence-corrected chi connectivity index (χ4v) is 3.27.